The van der Waals surface area contributed by atoms with Crippen LogP contribution in [0.4, 0.5) is 0 Å². The third kappa shape index (κ3) is 3.96. The number of nitrogens with zero attached hydrogens (tertiary/aromatic N) is 1. The molecule has 1 N–H and O–H groups in total. The minimum Gasteiger partial charge on any atom is -0.495 e. The number of methoxy groups -OCH3 is 1. The Hall–Kier alpha value is -1.64. The predicted octanol–water partition coefficient (Wildman–Crippen LogP) is 1.41. The van der Waals surface area contributed by atoms with Crippen LogP contribution in [0.25, 0.3) is 0 Å². The van der Waals surface area contributed by atoms with E-state index in [9.17, 15) is 13.2 Å². The fourth-order valence-electron chi connectivity index (χ4n) is 1.92. The van der Waals surface area contributed by atoms with E-state index in [-0.39, 0.29) is 16.2 Å². The van der Waals surface area contributed by atoms with Gasteiger partial charge in [0.2, 0.25) is 10.0 Å². The number of sulfonamides is 1. The van der Waals surface area contributed by atoms with Crippen LogP contribution in [-0.2, 0) is 14.9 Å². The number of hydroxylamine groups is 1. The molecule has 0 saturated carbocycles. The summed E-state index contributed by atoms with van der Waals surface area (Å²) in [7, 11) is -2.35. The Balaban J connectivity index is 3.30. The van der Waals surface area contributed by atoms with Crippen LogP contribution >= 0.6 is 0 Å². The lowest BCUT2D eigenvalue weighted by molar-refractivity contribution is 0.0364. The molecule has 0 fully saturated rings. The molecule has 0 heterocycles. The molecule has 0 aromatic heterocycles. The molecule has 1 aromatic carbocycles. The van der Waals surface area contributed by atoms with Crippen molar-refractivity contribution in [1.82, 2.24) is 9.79 Å². The number of carbonyl (C=O) groups is 1. The molecule has 124 valence electrons. The molecule has 0 aliphatic heterocycles. The molecule has 22 heavy (non-hydrogen) atoms. The van der Waals surface area contributed by atoms with Gasteiger partial charge in [0.05, 0.1) is 13.7 Å². The lowest BCUT2D eigenvalue weighted by Gasteiger charge is -2.20. The minimum absolute atomic E-state index is 0.0390. The number of amides is 1. The molecule has 0 radical (unpaired) electrons. The first-order chi connectivity index (χ1) is 10.4. The smallest absolute Gasteiger partial charge is 0.274 e. The molecule has 1 aromatic rings. The number of nitrogens with one attached hydrogen (secondary N) is 1. The first-order valence-electron chi connectivity index (χ1n) is 7.02. The summed E-state index contributed by atoms with van der Waals surface area (Å²) in [5.41, 5.74) is 2.41. The second kappa shape index (κ2) is 8.11. The van der Waals surface area contributed by atoms with Gasteiger partial charge >= 0.3 is 0 Å². The van der Waals surface area contributed by atoms with Crippen molar-refractivity contribution in [2.75, 3.05) is 26.8 Å². The predicted molar refractivity (Wildman–Crippen MR) is 82.2 cm³/mol. The Labute approximate surface area is 131 Å². The Morgan fingerprint density at radius 2 is 1.86 bits per heavy atom. The quantitative estimate of drug-likeness (QED) is 0.729. The number of hydrogen-bond donors (Lipinski definition) is 1. The van der Waals surface area contributed by atoms with Crippen molar-refractivity contribution >= 4 is 15.9 Å². The van der Waals surface area contributed by atoms with Gasteiger partial charge in [0.1, 0.15) is 10.6 Å². The Kier molecular flexibility index (Phi) is 6.79. The summed E-state index contributed by atoms with van der Waals surface area (Å²) >= 11 is 0. The van der Waals surface area contributed by atoms with Gasteiger partial charge in [-0.1, -0.05) is 13.8 Å². The van der Waals surface area contributed by atoms with Gasteiger partial charge in [-0.05, 0) is 25.1 Å². The maximum Gasteiger partial charge on any atom is 0.274 e. The number of rotatable bonds is 8. The SMILES string of the molecule is CCONC(=O)c1ccc(OC)c(S(=O)(=O)N(CC)CC)c1. The number of carbonyl (C=O) groups excluding carboxylic acids is 1. The van der Waals surface area contributed by atoms with E-state index in [0.29, 0.717) is 19.7 Å². The number of ether oxygens (including phenoxy) is 1. The fraction of sp³-hybridized carbons (Fsp3) is 0.500. The summed E-state index contributed by atoms with van der Waals surface area (Å²) in [5, 5.41) is 0. The van der Waals surface area contributed by atoms with Gasteiger partial charge in [0.15, 0.2) is 0 Å². The molecule has 0 aliphatic rings. The van der Waals surface area contributed by atoms with Gasteiger partial charge in [-0.25, -0.2) is 13.9 Å². The van der Waals surface area contributed by atoms with E-state index in [1.165, 1.54) is 29.6 Å². The molecule has 0 aliphatic carbocycles. The van der Waals surface area contributed by atoms with E-state index in [2.05, 4.69) is 5.48 Å². The van der Waals surface area contributed by atoms with Crippen LogP contribution < -0.4 is 10.2 Å². The van der Waals surface area contributed by atoms with Crippen molar-refractivity contribution < 1.29 is 22.8 Å². The number of benzene rings is 1. The molecule has 7 nitrogen and oxygen atoms in total. The van der Waals surface area contributed by atoms with Gasteiger partial charge in [0, 0.05) is 18.7 Å². The average Bonchev–Trinajstić information content (AvgIpc) is 2.52. The summed E-state index contributed by atoms with van der Waals surface area (Å²) in [6, 6.07) is 4.23. The summed E-state index contributed by atoms with van der Waals surface area (Å²) in [4.78, 5) is 16.7. The highest BCUT2D eigenvalue weighted by Crippen LogP contribution is 2.27. The second-order valence-corrected chi connectivity index (χ2v) is 6.23. The molecule has 1 rings (SSSR count). The largest absolute Gasteiger partial charge is 0.495 e. The van der Waals surface area contributed by atoms with Crippen LogP contribution in [-0.4, -0.2) is 45.4 Å². The van der Waals surface area contributed by atoms with Gasteiger partial charge in [-0.3, -0.25) is 9.63 Å². The highest BCUT2D eigenvalue weighted by Gasteiger charge is 2.26. The Morgan fingerprint density at radius 1 is 1.23 bits per heavy atom. The van der Waals surface area contributed by atoms with E-state index >= 15 is 0 Å². The lowest BCUT2D eigenvalue weighted by atomic mass is 10.2. The van der Waals surface area contributed by atoms with Gasteiger partial charge in [-0.2, -0.15) is 4.31 Å². The van der Waals surface area contributed by atoms with Gasteiger partial charge in [0.25, 0.3) is 5.91 Å². The van der Waals surface area contributed by atoms with Crippen molar-refractivity contribution in [2.45, 2.75) is 25.7 Å². The zero-order valence-electron chi connectivity index (χ0n) is 13.3. The maximum absolute atomic E-state index is 12.6. The topological polar surface area (TPSA) is 84.9 Å². The standard InChI is InChI=1S/C14H22N2O5S/c1-5-16(6-2)22(18,19)13-10-11(8-9-12(13)20-4)14(17)15-21-7-3/h8-10H,5-7H2,1-4H3,(H,15,17). The van der Waals surface area contributed by atoms with Crippen LogP contribution in [0.2, 0.25) is 0 Å². The zero-order valence-corrected chi connectivity index (χ0v) is 14.1. The maximum atomic E-state index is 12.6. The highest BCUT2D eigenvalue weighted by molar-refractivity contribution is 7.89. The Bertz CT molecular complexity index is 612. The molecule has 0 unspecified atom stereocenters. The van der Waals surface area contributed by atoms with Crippen molar-refractivity contribution in [3.05, 3.63) is 23.8 Å². The molecule has 0 spiro atoms. The summed E-state index contributed by atoms with van der Waals surface area (Å²) in [5.74, 6) is -0.319. The van der Waals surface area contributed by atoms with Crippen LogP contribution in [0.5, 0.6) is 5.75 Å². The molecule has 8 heteroatoms. The monoisotopic (exact) mass is 330 g/mol. The van der Waals surface area contributed by atoms with E-state index in [4.69, 9.17) is 9.57 Å². The van der Waals surface area contributed by atoms with Crippen molar-refractivity contribution in [2.24, 2.45) is 0 Å². The second-order valence-electron chi connectivity index (χ2n) is 4.32. The average molecular weight is 330 g/mol. The van der Waals surface area contributed by atoms with Gasteiger partial charge < -0.3 is 4.74 Å². The van der Waals surface area contributed by atoms with E-state index in [0.717, 1.165) is 0 Å². The first kappa shape index (κ1) is 18.4. The molecule has 0 bridgehead atoms. The third-order valence-electron chi connectivity index (χ3n) is 3.06. The molecule has 0 saturated heterocycles. The molecular weight excluding hydrogens is 308 g/mol. The summed E-state index contributed by atoms with van der Waals surface area (Å²) in [6.45, 7) is 6.20. The van der Waals surface area contributed by atoms with Crippen molar-refractivity contribution in [3.63, 3.8) is 0 Å². The fourth-order valence-corrected chi connectivity index (χ4v) is 3.56. The summed E-state index contributed by atoms with van der Waals surface area (Å²) < 4.78 is 31.7. The lowest BCUT2D eigenvalue weighted by Crippen LogP contribution is -2.31. The normalized spacial score (nSPS) is 11.5. The van der Waals surface area contributed by atoms with Crippen LogP contribution in [0.1, 0.15) is 31.1 Å². The molecule has 0 atom stereocenters. The van der Waals surface area contributed by atoms with E-state index in [1.54, 1.807) is 20.8 Å². The zero-order chi connectivity index (χ0) is 16.8. The first-order valence-corrected chi connectivity index (χ1v) is 8.46. The van der Waals surface area contributed by atoms with Crippen molar-refractivity contribution in [3.8, 4) is 5.75 Å². The van der Waals surface area contributed by atoms with Crippen LogP contribution in [0.3, 0.4) is 0 Å². The van der Waals surface area contributed by atoms with E-state index < -0.39 is 15.9 Å². The van der Waals surface area contributed by atoms with E-state index in [1.807, 2.05) is 0 Å². The minimum atomic E-state index is -3.73. The van der Waals surface area contributed by atoms with Crippen LogP contribution in [0, 0.1) is 0 Å². The Morgan fingerprint density at radius 3 is 2.36 bits per heavy atom. The summed E-state index contributed by atoms with van der Waals surface area (Å²) in [6.07, 6.45) is 0. The third-order valence-corrected chi connectivity index (χ3v) is 5.13. The highest BCUT2D eigenvalue weighted by atomic mass is 32.2. The van der Waals surface area contributed by atoms with Gasteiger partial charge in [-0.15, -0.1) is 0 Å². The molecular formula is C14H22N2O5S. The number of hydrogen-bond acceptors (Lipinski definition) is 5. The van der Waals surface area contributed by atoms with Crippen molar-refractivity contribution in [1.29, 1.82) is 0 Å². The molecule has 1 amide bonds. The van der Waals surface area contributed by atoms with Crippen LogP contribution in [0.15, 0.2) is 23.1 Å².